The molecule has 2 aromatic rings. The average molecular weight is 274 g/mol. The van der Waals surface area contributed by atoms with Gasteiger partial charge in [-0.05, 0) is 25.1 Å². The summed E-state index contributed by atoms with van der Waals surface area (Å²) in [5.74, 6) is 1.39. The Bertz CT molecular complexity index is 464. The summed E-state index contributed by atoms with van der Waals surface area (Å²) < 4.78 is 3.20. The fourth-order valence-corrected chi connectivity index (χ4v) is 2.15. The van der Waals surface area contributed by atoms with E-state index in [0.717, 1.165) is 27.9 Å². The second-order valence-corrected chi connectivity index (χ2v) is 4.22. The van der Waals surface area contributed by atoms with Crippen molar-refractivity contribution in [2.24, 2.45) is 0 Å². The van der Waals surface area contributed by atoms with E-state index in [1.54, 1.807) is 0 Å². The van der Waals surface area contributed by atoms with Gasteiger partial charge >= 0.3 is 0 Å². The third-order valence-corrected chi connectivity index (χ3v) is 2.96. The molecule has 0 atom stereocenters. The van der Waals surface area contributed by atoms with Crippen molar-refractivity contribution in [1.29, 1.82) is 0 Å². The van der Waals surface area contributed by atoms with Gasteiger partial charge in [0.05, 0.1) is 16.9 Å². The van der Waals surface area contributed by atoms with E-state index in [4.69, 9.17) is 11.6 Å². The van der Waals surface area contributed by atoms with E-state index in [1.807, 2.05) is 12.1 Å². The number of fused-ring (bicyclic) bond motifs is 1. The average Bonchev–Trinajstić information content (AvgIpc) is 2.54. The van der Waals surface area contributed by atoms with Crippen LogP contribution >= 0.6 is 27.5 Å². The summed E-state index contributed by atoms with van der Waals surface area (Å²) in [7, 11) is 0. The molecule has 1 aromatic heterocycles. The SMILES string of the molecule is CCn1c(CCl)nc2ccc(Br)cc21. The van der Waals surface area contributed by atoms with Crippen LogP contribution in [0.25, 0.3) is 11.0 Å². The molecule has 14 heavy (non-hydrogen) atoms. The molecule has 0 N–H and O–H groups in total. The molecule has 1 heterocycles. The minimum Gasteiger partial charge on any atom is -0.327 e. The maximum Gasteiger partial charge on any atom is 0.124 e. The summed E-state index contributed by atoms with van der Waals surface area (Å²) in [5.41, 5.74) is 2.14. The fraction of sp³-hybridized carbons (Fsp3) is 0.300. The molecule has 0 radical (unpaired) electrons. The van der Waals surface area contributed by atoms with Crippen LogP contribution < -0.4 is 0 Å². The lowest BCUT2D eigenvalue weighted by Gasteiger charge is -2.02. The van der Waals surface area contributed by atoms with Crippen LogP contribution in [-0.4, -0.2) is 9.55 Å². The lowest BCUT2D eigenvalue weighted by molar-refractivity contribution is 0.747. The van der Waals surface area contributed by atoms with Gasteiger partial charge in [-0.15, -0.1) is 11.6 Å². The summed E-state index contributed by atoms with van der Waals surface area (Å²) in [5, 5.41) is 0. The second kappa shape index (κ2) is 3.91. The summed E-state index contributed by atoms with van der Waals surface area (Å²) in [6.45, 7) is 2.99. The van der Waals surface area contributed by atoms with Crippen molar-refractivity contribution in [1.82, 2.24) is 9.55 Å². The van der Waals surface area contributed by atoms with Crippen LogP contribution in [0, 0.1) is 0 Å². The van der Waals surface area contributed by atoms with E-state index in [-0.39, 0.29) is 0 Å². The maximum absolute atomic E-state index is 5.83. The Morgan fingerprint density at radius 3 is 2.93 bits per heavy atom. The molecular formula is C10H10BrClN2. The molecule has 0 unspecified atom stereocenters. The van der Waals surface area contributed by atoms with Crippen molar-refractivity contribution in [3.05, 3.63) is 28.5 Å². The molecule has 2 nitrogen and oxygen atoms in total. The topological polar surface area (TPSA) is 17.8 Å². The van der Waals surface area contributed by atoms with Crippen LogP contribution in [0.4, 0.5) is 0 Å². The molecule has 0 amide bonds. The van der Waals surface area contributed by atoms with Gasteiger partial charge < -0.3 is 4.57 Å². The first-order valence-electron chi connectivity index (χ1n) is 4.47. The van der Waals surface area contributed by atoms with Gasteiger partial charge in [-0.3, -0.25) is 0 Å². The van der Waals surface area contributed by atoms with Crippen molar-refractivity contribution in [3.8, 4) is 0 Å². The molecule has 0 saturated carbocycles. The van der Waals surface area contributed by atoms with E-state index in [2.05, 4.69) is 38.5 Å². The standard InChI is InChI=1S/C10H10BrClN2/c1-2-14-9-5-7(11)3-4-8(9)13-10(14)6-12/h3-5H,2,6H2,1H3. The molecule has 0 aliphatic heterocycles. The Kier molecular flexibility index (Phi) is 2.79. The highest BCUT2D eigenvalue weighted by molar-refractivity contribution is 9.10. The monoisotopic (exact) mass is 272 g/mol. The number of benzene rings is 1. The number of hydrogen-bond donors (Lipinski definition) is 0. The smallest absolute Gasteiger partial charge is 0.124 e. The van der Waals surface area contributed by atoms with Crippen molar-refractivity contribution in [2.75, 3.05) is 0 Å². The third-order valence-electron chi connectivity index (χ3n) is 2.23. The Morgan fingerprint density at radius 2 is 2.29 bits per heavy atom. The lowest BCUT2D eigenvalue weighted by atomic mass is 10.3. The van der Waals surface area contributed by atoms with Gasteiger partial charge in [0.2, 0.25) is 0 Å². The summed E-state index contributed by atoms with van der Waals surface area (Å²) in [6.07, 6.45) is 0. The minimum absolute atomic E-state index is 0.458. The number of hydrogen-bond acceptors (Lipinski definition) is 1. The number of alkyl halides is 1. The Balaban J connectivity index is 2.74. The van der Waals surface area contributed by atoms with Crippen LogP contribution in [0.2, 0.25) is 0 Å². The van der Waals surface area contributed by atoms with Crippen molar-refractivity contribution in [2.45, 2.75) is 19.3 Å². The first-order chi connectivity index (χ1) is 6.76. The third kappa shape index (κ3) is 1.55. The Hall–Kier alpha value is -0.540. The van der Waals surface area contributed by atoms with Crippen molar-refractivity contribution >= 4 is 38.6 Å². The van der Waals surface area contributed by atoms with E-state index in [1.165, 1.54) is 0 Å². The van der Waals surface area contributed by atoms with Gasteiger partial charge in [0.15, 0.2) is 0 Å². The zero-order chi connectivity index (χ0) is 10.1. The highest BCUT2D eigenvalue weighted by Crippen LogP contribution is 2.21. The molecule has 2 rings (SSSR count). The lowest BCUT2D eigenvalue weighted by Crippen LogP contribution is -1.98. The van der Waals surface area contributed by atoms with E-state index in [0.29, 0.717) is 5.88 Å². The van der Waals surface area contributed by atoms with Gasteiger partial charge in [0.1, 0.15) is 5.82 Å². The van der Waals surface area contributed by atoms with Crippen molar-refractivity contribution < 1.29 is 0 Å². The molecule has 0 aliphatic carbocycles. The zero-order valence-corrected chi connectivity index (χ0v) is 10.1. The largest absolute Gasteiger partial charge is 0.327 e. The predicted octanol–water partition coefficient (Wildman–Crippen LogP) is 3.56. The van der Waals surface area contributed by atoms with E-state index < -0.39 is 0 Å². The van der Waals surface area contributed by atoms with Gasteiger partial charge in [0, 0.05) is 11.0 Å². The van der Waals surface area contributed by atoms with Crippen LogP contribution in [-0.2, 0) is 12.4 Å². The number of halogens is 2. The summed E-state index contributed by atoms with van der Waals surface area (Å²) in [4.78, 5) is 4.45. The van der Waals surface area contributed by atoms with Gasteiger partial charge in [0.25, 0.3) is 0 Å². The maximum atomic E-state index is 5.83. The van der Waals surface area contributed by atoms with E-state index in [9.17, 15) is 0 Å². The van der Waals surface area contributed by atoms with Crippen LogP contribution in [0.3, 0.4) is 0 Å². The normalized spacial score (nSPS) is 11.1. The van der Waals surface area contributed by atoms with Gasteiger partial charge in [-0.2, -0.15) is 0 Å². The second-order valence-electron chi connectivity index (χ2n) is 3.04. The number of imidazole rings is 1. The predicted molar refractivity (Wildman–Crippen MR) is 62.7 cm³/mol. The van der Waals surface area contributed by atoms with E-state index >= 15 is 0 Å². The van der Waals surface area contributed by atoms with Crippen molar-refractivity contribution in [3.63, 3.8) is 0 Å². The highest BCUT2D eigenvalue weighted by Gasteiger charge is 2.07. The quantitative estimate of drug-likeness (QED) is 0.765. The number of nitrogens with zero attached hydrogens (tertiary/aromatic N) is 2. The molecule has 0 saturated heterocycles. The summed E-state index contributed by atoms with van der Waals surface area (Å²) >= 11 is 9.28. The Labute approximate surface area is 96.0 Å². The molecule has 74 valence electrons. The zero-order valence-electron chi connectivity index (χ0n) is 7.80. The van der Waals surface area contributed by atoms with Gasteiger partial charge in [-0.1, -0.05) is 15.9 Å². The molecule has 4 heteroatoms. The number of aryl methyl sites for hydroxylation is 1. The molecular weight excluding hydrogens is 263 g/mol. The summed E-state index contributed by atoms with van der Waals surface area (Å²) in [6, 6.07) is 6.07. The van der Waals surface area contributed by atoms with Crippen LogP contribution in [0.15, 0.2) is 22.7 Å². The minimum atomic E-state index is 0.458. The molecule has 0 bridgehead atoms. The fourth-order valence-electron chi connectivity index (χ4n) is 1.60. The Morgan fingerprint density at radius 1 is 1.50 bits per heavy atom. The number of aromatic nitrogens is 2. The molecule has 0 fully saturated rings. The van der Waals surface area contributed by atoms with Gasteiger partial charge in [-0.25, -0.2) is 4.98 Å². The van der Waals surface area contributed by atoms with Crippen LogP contribution in [0.1, 0.15) is 12.7 Å². The molecule has 0 aliphatic rings. The first kappa shape index (κ1) is 9.99. The molecule has 1 aromatic carbocycles. The molecule has 0 spiro atoms. The highest BCUT2D eigenvalue weighted by atomic mass is 79.9. The van der Waals surface area contributed by atoms with Crippen LogP contribution in [0.5, 0.6) is 0 Å². The first-order valence-corrected chi connectivity index (χ1v) is 5.79. The number of rotatable bonds is 2.